The van der Waals surface area contributed by atoms with Crippen molar-refractivity contribution in [3.63, 3.8) is 0 Å². The van der Waals surface area contributed by atoms with Gasteiger partial charge >= 0.3 is 0 Å². The van der Waals surface area contributed by atoms with E-state index in [0.717, 1.165) is 36.1 Å². The summed E-state index contributed by atoms with van der Waals surface area (Å²) in [5.41, 5.74) is 3.07. The summed E-state index contributed by atoms with van der Waals surface area (Å²) < 4.78 is 2.01. The van der Waals surface area contributed by atoms with E-state index in [1.165, 1.54) is 0 Å². The van der Waals surface area contributed by atoms with Crippen LogP contribution in [0.2, 0.25) is 5.02 Å². The fourth-order valence-corrected chi connectivity index (χ4v) is 3.08. The number of fused-ring (bicyclic) bond motifs is 1. The van der Waals surface area contributed by atoms with Crippen LogP contribution < -0.4 is 5.32 Å². The highest BCUT2D eigenvalue weighted by Gasteiger charge is 2.05. The summed E-state index contributed by atoms with van der Waals surface area (Å²) in [6.45, 7) is 0.679. The molecular formula is C16H11Br2ClN2. The largest absolute Gasteiger partial charge is 0.379 e. The van der Waals surface area contributed by atoms with E-state index in [1.807, 2.05) is 42.6 Å². The molecule has 0 unspecified atom stereocenters. The minimum Gasteiger partial charge on any atom is -0.379 e. The molecule has 0 fully saturated rings. The molecule has 2 aromatic carbocycles. The molecule has 3 rings (SSSR count). The van der Waals surface area contributed by atoms with Gasteiger partial charge in [0.25, 0.3) is 0 Å². The van der Waals surface area contributed by atoms with Crippen LogP contribution in [-0.4, -0.2) is 4.98 Å². The summed E-state index contributed by atoms with van der Waals surface area (Å²) in [5, 5.41) is 5.25. The van der Waals surface area contributed by atoms with Crippen molar-refractivity contribution >= 4 is 60.1 Å². The third kappa shape index (κ3) is 3.39. The predicted octanol–water partition coefficient (Wildman–Crippen LogP) is 6.03. The van der Waals surface area contributed by atoms with Gasteiger partial charge in [-0.25, -0.2) is 0 Å². The van der Waals surface area contributed by atoms with Gasteiger partial charge in [-0.05, 0) is 51.8 Å². The lowest BCUT2D eigenvalue weighted by Gasteiger charge is -2.11. The zero-order valence-electron chi connectivity index (χ0n) is 10.9. The Kier molecular flexibility index (Phi) is 4.48. The highest BCUT2D eigenvalue weighted by atomic mass is 79.9. The summed E-state index contributed by atoms with van der Waals surface area (Å²) in [6.07, 6.45) is 1.81. The monoisotopic (exact) mass is 424 g/mol. The SMILES string of the molecule is Clc1ccc(Br)c(CNc2cccc3cc(Br)cnc23)c1. The highest BCUT2D eigenvalue weighted by molar-refractivity contribution is 9.10. The molecular weight excluding hydrogens is 415 g/mol. The first-order chi connectivity index (χ1) is 10.1. The molecule has 0 amide bonds. The van der Waals surface area contributed by atoms with Crippen molar-refractivity contribution in [2.24, 2.45) is 0 Å². The van der Waals surface area contributed by atoms with Gasteiger partial charge in [-0.2, -0.15) is 0 Å². The van der Waals surface area contributed by atoms with Crippen molar-refractivity contribution < 1.29 is 0 Å². The summed E-state index contributed by atoms with van der Waals surface area (Å²) in [5.74, 6) is 0. The zero-order valence-corrected chi connectivity index (χ0v) is 14.8. The van der Waals surface area contributed by atoms with Crippen LogP contribution in [0.15, 0.2) is 57.6 Å². The number of para-hydroxylation sites is 1. The number of nitrogens with one attached hydrogen (secondary N) is 1. The van der Waals surface area contributed by atoms with Gasteiger partial charge in [0.2, 0.25) is 0 Å². The maximum absolute atomic E-state index is 6.04. The molecule has 0 spiro atoms. The van der Waals surface area contributed by atoms with Crippen molar-refractivity contribution in [3.05, 3.63) is 68.2 Å². The Morgan fingerprint density at radius 3 is 2.81 bits per heavy atom. The lowest BCUT2D eigenvalue weighted by atomic mass is 10.1. The molecule has 0 aliphatic carbocycles. The first-order valence-corrected chi connectivity index (χ1v) is 8.32. The molecule has 5 heteroatoms. The van der Waals surface area contributed by atoms with Crippen LogP contribution in [0.4, 0.5) is 5.69 Å². The Bertz CT molecular complexity index is 805. The van der Waals surface area contributed by atoms with Crippen molar-refractivity contribution in [2.45, 2.75) is 6.54 Å². The molecule has 2 nitrogen and oxygen atoms in total. The molecule has 1 N–H and O–H groups in total. The molecule has 1 heterocycles. The number of rotatable bonds is 3. The molecule has 106 valence electrons. The van der Waals surface area contributed by atoms with Gasteiger partial charge in [-0.1, -0.05) is 39.7 Å². The molecule has 3 aromatic rings. The van der Waals surface area contributed by atoms with Gasteiger partial charge in [0.05, 0.1) is 11.2 Å². The summed E-state index contributed by atoms with van der Waals surface area (Å²) >= 11 is 13.0. The molecule has 21 heavy (non-hydrogen) atoms. The third-order valence-corrected chi connectivity index (χ3v) is 4.60. The van der Waals surface area contributed by atoms with Crippen molar-refractivity contribution in [1.82, 2.24) is 4.98 Å². The number of pyridine rings is 1. The molecule has 0 aliphatic rings. The number of hydrogen-bond donors (Lipinski definition) is 1. The Morgan fingerprint density at radius 1 is 1.10 bits per heavy atom. The van der Waals surface area contributed by atoms with Crippen molar-refractivity contribution in [2.75, 3.05) is 5.32 Å². The van der Waals surface area contributed by atoms with Crippen LogP contribution in [0.3, 0.4) is 0 Å². The van der Waals surface area contributed by atoms with E-state index >= 15 is 0 Å². The Labute approximate surface area is 144 Å². The third-order valence-electron chi connectivity index (χ3n) is 3.15. The van der Waals surface area contributed by atoms with E-state index in [1.54, 1.807) is 0 Å². The molecule has 0 saturated carbocycles. The fraction of sp³-hybridized carbons (Fsp3) is 0.0625. The summed E-state index contributed by atoms with van der Waals surface area (Å²) in [7, 11) is 0. The molecule has 0 radical (unpaired) electrons. The molecule has 0 atom stereocenters. The normalized spacial score (nSPS) is 10.8. The highest BCUT2D eigenvalue weighted by Crippen LogP contribution is 2.26. The van der Waals surface area contributed by atoms with Gasteiger partial charge in [-0.15, -0.1) is 0 Å². The van der Waals surface area contributed by atoms with E-state index in [0.29, 0.717) is 6.54 Å². The first-order valence-electron chi connectivity index (χ1n) is 6.35. The fourth-order valence-electron chi connectivity index (χ4n) is 2.15. The first kappa shape index (κ1) is 14.8. The van der Waals surface area contributed by atoms with Gasteiger partial charge < -0.3 is 5.32 Å². The maximum atomic E-state index is 6.04. The number of nitrogens with zero attached hydrogens (tertiary/aromatic N) is 1. The van der Waals surface area contributed by atoms with Gasteiger partial charge in [-0.3, -0.25) is 4.98 Å². The van der Waals surface area contributed by atoms with Crippen LogP contribution >= 0.6 is 43.5 Å². The Hall–Kier alpha value is -1.10. The van der Waals surface area contributed by atoms with Gasteiger partial charge in [0.15, 0.2) is 0 Å². The second-order valence-corrected chi connectivity index (χ2v) is 6.83. The smallest absolute Gasteiger partial charge is 0.0934 e. The van der Waals surface area contributed by atoms with Crippen molar-refractivity contribution in [3.8, 4) is 0 Å². The van der Waals surface area contributed by atoms with Gasteiger partial charge in [0, 0.05) is 32.1 Å². The van der Waals surface area contributed by atoms with Gasteiger partial charge in [0.1, 0.15) is 0 Å². The van der Waals surface area contributed by atoms with E-state index < -0.39 is 0 Å². The predicted molar refractivity (Wildman–Crippen MR) is 95.9 cm³/mol. The number of halogens is 3. The second-order valence-electron chi connectivity index (χ2n) is 4.62. The minimum atomic E-state index is 0.679. The van der Waals surface area contributed by atoms with Crippen LogP contribution in [-0.2, 0) is 6.54 Å². The Balaban J connectivity index is 1.90. The van der Waals surface area contributed by atoms with Crippen molar-refractivity contribution in [1.29, 1.82) is 0 Å². The number of hydrogen-bond acceptors (Lipinski definition) is 2. The summed E-state index contributed by atoms with van der Waals surface area (Å²) in [6, 6.07) is 13.9. The molecule has 0 saturated heterocycles. The number of aromatic nitrogens is 1. The average Bonchev–Trinajstić information content (AvgIpc) is 2.47. The second kappa shape index (κ2) is 6.34. The Morgan fingerprint density at radius 2 is 1.95 bits per heavy atom. The number of benzene rings is 2. The lowest BCUT2D eigenvalue weighted by Crippen LogP contribution is -2.01. The topological polar surface area (TPSA) is 24.9 Å². The van der Waals surface area contributed by atoms with Crippen LogP contribution in [0.5, 0.6) is 0 Å². The van der Waals surface area contributed by atoms with Crippen LogP contribution in [0, 0.1) is 0 Å². The lowest BCUT2D eigenvalue weighted by molar-refractivity contribution is 1.14. The van der Waals surface area contributed by atoms with E-state index in [2.05, 4.69) is 48.2 Å². The van der Waals surface area contributed by atoms with Crippen LogP contribution in [0.25, 0.3) is 10.9 Å². The van der Waals surface area contributed by atoms with E-state index in [-0.39, 0.29) is 0 Å². The quantitative estimate of drug-likeness (QED) is 0.553. The maximum Gasteiger partial charge on any atom is 0.0934 e. The minimum absolute atomic E-state index is 0.679. The molecule has 0 bridgehead atoms. The number of anilines is 1. The van der Waals surface area contributed by atoms with E-state index in [4.69, 9.17) is 11.6 Å². The standard InChI is InChI=1S/C16H11Br2ClN2/c17-12-6-10-2-1-3-15(16(10)21-9-12)20-8-11-7-13(19)4-5-14(11)18/h1-7,9,20H,8H2. The average molecular weight is 427 g/mol. The van der Waals surface area contributed by atoms with Crippen LogP contribution in [0.1, 0.15) is 5.56 Å². The summed E-state index contributed by atoms with van der Waals surface area (Å²) in [4.78, 5) is 4.49. The molecule has 1 aromatic heterocycles. The zero-order chi connectivity index (χ0) is 14.8. The molecule has 0 aliphatic heterocycles. The van der Waals surface area contributed by atoms with E-state index in [9.17, 15) is 0 Å².